The number of amides is 2. The zero-order chi connectivity index (χ0) is 23.6. The lowest BCUT2D eigenvalue weighted by Crippen LogP contribution is -3.00. The Morgan fingerprint density at radius 2 is 0.875 bits per heavy atom. The van der Waals surface area contributed by atoms with E-state index in [1.54, 1.807) is 0 Å². The summed E-state index contributed by atoms with van der Waals surface area (Å²) < 4.78 is 0. The third kappa shape index (κ3) is 43.0. The van der Waals surface area contributed by atoms with Gasteiger partial charge in [-0.2, -0.15) is 0 Å². The molecule has 0 aliphatic rings. The molecule has 0 saturated heterocycles. The van der Waals surface area contributed by atoms with Gasteiger partial charge < -0.3 is 33.7 Å². The smallest absolute Gasteiger partial charge is 0.221 e. The van der Waals surface area contributed by atoms with E-state index < -0.39 is 0 Å². The molecule has 0 aliphatic carbocycles. The molecule has 11 heteroatoms. The summed E-state index contributed by atoms with van der Waals surface area (Å²) in [6, 6.07) is 0. The Morgan fingerprint density at radius 3 is 1.12 bits per heavy atom. The summed E-state index contributed by atoms with van der Waals surface area (Å²) >= 11 is 10.1. The average molecular weight is 523 g/mol. The molecule has 0 bridgehead atoms. The normalized spacial score (nSPS) is 8.81. The van der Waals surface area contributed by atoms with Gasteiger partial charge in [0.2, 0.25) is 22.3 Å². The second-order valence-corrected chi connectivity index (χ2v) is 6.87. The van der Waals surface area contributed by atoms with Gasteiger partial charge >= 0.3 is 0 Å². The highest BCUT2D eigenvalue weighted by atomic mass is 35.5. The Bertz CT molecular complexity index is 417. The molecule has 8 nitrogen and oxygen atoms in total. The van der Waals surface area contributed by atoms with Gasteiger partial charge in [0.15, 0.2) is 0 Å². The number of hydrogen-bond donors (Lipinski definition) is 4. The number of nitrogens with one attached hydrogen (secondary N) is 4. The lowest BCUT2D eigenvalue weighted by molar-refractivity contribution is -0.123. The van der Waals surface area contributed by atoms with E-state index in [-0.39, 0.29) is 42.1 Å². The first-order chi connectivity index (χ1) is 14.3. The zero-order valence-corrected chi connectivity index (χ0v) is 21.5. The minimum atomic E-state index is -0.359. The molecule has 194 valence electrons. The van der Waals surface area contributed by atoms with E-state index in [4.69, 9.17) is 23.2 Å². The van der Waals surface area contributed by atoms with E-state index in [1.807, 2.05) is 27.9 Å². The van der Waals surface area contributed by atoms with Gasteiger partial charge in [0.05, 0.1) is 0 Å². The number of carbonyl (C=O) groups is 4. The fourth-order valence-corrected chi connectivity index (χ4v) is 2.20. The predicted octanol–water partition coefficient (Wildman–Crippen LogP) is -0.0381. The number of halogens is 3. The van der Waals surface area contributed by atoms with Gasteiger partial charge in [0.1, 0.15) is 0 Å². The van der Waals surface area contributed by atoms with Crippen molar-refractivity contribution in [1.29, 1.82) is 0 Å². The monoisotopic (exact) mass is 521 g/mol. The average Bonchev–Trinajstić information content (AvgIpc) is 2.71. The molecule has 32 heavy (non-hydrogen) atoms. The number of likely N-dealkylation sites (N-methyl/N-ethyl adjacent to an activating group) is 2. The number of hydrogen-bond acceptors (Lipinski definition) is 6. The number of unbranched alkanes of at least 4 members (excludes halogenated alkanes) is 2. The maximum atomic E-state index is 11.3. The van der Waals surface area contributed by atoms with Crippen LogP contribution in [0.15, 0.2) is 0 Å². The van der Waals surface area contributed by atoms with Gasteiger partial charge in [-0.15, -0.1) is 0 Å². The van der Waals surface area contributed by atoms with E-state index in [0.717, 1.165) is 25.9 Å². The molecular weight excluding hydrogens is 479 g/mol. The molecule has 0 saturated carbocycles. The minimum absolute atomic E-state index is 0. The van der Waals surface area contributed by atoms with Crippen molar-refractivity contribution in [2.45, 2.75) is 72.6 Å². The Labute approximate surface area is 211 Å². The van der Waals surface area contributed by atoms with E-state index in [1.165, 1.54) is 0 Å². The molecular formula is C21H44Cl3N4O4-. The molecule has 0 aromatic carbocycles. The van der Waals surface area contributed by atoms with Crippen LogP contribution in [-0.4, -0.2) is 62.6 Å². The molecule has 0 rings (SSSR count). The third-order valence-electron chi connectivity index (χ3n) is 3.45. The highest BCUT2D eigenvalue weighted by molar-refractivity contribution is 6.63. The molecule has 0 heterocycles. The minimum Gasteiger partial charge on any atom is -1.00 e. The van der Waals surface area contributed by atoms with Gasteiger partial charge in [-0.25, -0.2) is 0 Å². The predicted molar refractivity (Wildman–Crippen MR) is 131 cm³/mol. The summed E-state index contributed by atoms with van der Waals surface area (Å²) in [6.07, 6.45) is 4.43. The third-order valence-corrected chi connectivity index (χ3v) is 3.83. The van der Waals surface area contributed by atoms with Crippen LogP contribution >= 0.6 is 23.2 Å². The Kier molecular flexibility index (Phi) is 44.8. The SMILES string of the molecule is C.CC.CNCCNC(=O)CCCCC(=O)NCCNC.O=C(Cl)CCCCC(=O)Cl.[Cl-]. The fraction of sp³-hybridized carbons (Fsp3) is 0.810. The van der Waals surface area contributed by atoms with Crippen molar-refractivity contribution in [1.82, 2.24) is 21.3 Å². The summed E-state index contributed by atoms with van der Waals surface area (Å²) in [6.45, 7) is 6.86. The van der Waals surface area contributed by atoms with Gasteiger partial charge in [-0.05, 0) is 63.0 Å². The number of rotatable bonds is 16. The summed E-state index contributed by atoms with van der Waals surface area (Å²) in [4.78, 5) is 42.9. The van der Waals surface area contributed by atoms with Crippen LogP contribution in [0.5, 0.6) is 0 Å². The molecule has 0 fully saturated rings. The largest absolute Gasteiger partial charge is 1.00 e. The number of carbonyl (C=O) groups excluding carboxylic acids is 4. The van der Waals surface area contributed by atoms with Crippen molar-refractivity contribution in [2.24, 2.45) is 0 Å². The van der Waals surface area contributed by atoms with Gasteiger partial charge in [0, 0.05) is 51.9 Å². The fourth-order valence-electron chi connectivity index (χ4n) is 1.93. The zero-order valence-electron chi connectivity index (χ0n) is 19.3. The van der Waals surface area contributed by atoms with E-state index in [9.17, 15) is 19.2 Å². The summed E-state index contributed by atoms with van der Waals surface area (Å²) in [5.41, 5.74) is 0. The van der Waals surface area contributed by atoms with E-state index in [2.05, 4.69) is 21.3 Å². The molecule has 0 aliphatic heterocycles. The Morgan fingerprint density at radius 1 is 0.594 bits per heavy atom. The van der Waals surface area contributed by atoms with Crippen LogP contribution in [0.4, 0.5) is 0 Å². The lowest BCUT2D eigenvalue weighted by atomic mass is 10.2. The highest BCUT2D eigenvalue weighted by Gasteiger charge is 2.03. The standard InChI is InChI=1S/C12H26N4O2.C6H8Cl2O2.C2H6.CH4.ClH/c1-13-7-9-15-11(17)5-3-4-6-12(18)16-10-8-14-2;7-5(9)3-1-2-4-6(8)10;1-2;;/h13-14H,3-10H2,1-2H3,(H,15,17)(H,16,18);1-4H2;1-2H3;1H4;1H/p-1. The van der Waals surface area contributed by atoms with E-state index in [0.29, 0.717) is 51.6 Å². The van der Waals surface area contributed by atoms with Crippen molar-refractivity contribution < 1.29 is 31.6 Å². The summed E-state index contributed by atoms with van der Waals surface area (Å²) in [5.74, 6) is 0.113. The molecule has 0 spiro atoms. The van der Waals surface area contributed by atoms with Crippen LogP contribution in [0, 0.1) is 0 Å². The van der Waals surface area contributed by atoms with Crippen molar-refractivity contribution >= 4 is 45.5 Å². The first-order valence-electron chi connectivity index (χ1n) is 10.5. The van der Waals surface area contributed by atoms with Gasteiger partial charge in [-0.3, -0.25) is 19.2 Å². The first-order valence-corrected chi connectivity index (χ1v) is 11.3. The topological polar surface area (TPSA) is 116 Å². The van der Waals surface area contributed by atoms with Crippen molar-refractivity contribution in [3.63, 3.8) is 0 Å². The van der Waals surface area contributed by atoms with Crippen molar-refractivity contribution in [3.8, 4) is 0 Å². The molecule has 0 atom stereocenters. The summed E-state index contributed by atoms with van der Waals surface area (Å²) in [5, 5.41) is 10.8. The molecule has 0 aromatic rings. The molecule has 0 radical (unpaired) electrons. The molecule has 2 amide bonds. The van der Waals surface area contributed by atoms with E-state index >= 15 is 0 Å². The van der Waals surface area contributed by atoms with Crippen molar-refractivity contribution in [3.05, 3.63) is 0 Å². The first kappa shape index (κ1) is 41.3. The lowest BCUT2D eigenvalue weighted by Gasteiger charge is -2.05. The molecule has 0 unspecified atom stereocenters. The van der Waals surface area contributed by atoms with Gasteiger partial charge in [-0.1, -0.05) is 21.3 Å². The molecule has 4 N–H and O–H groups in total. The highest BCUT2D eigenvalue weighted by Crippen LogP contribution is 2.04. The van der Waals surface area contributed by atoms with Crippen LogP contribution in [-0.2, 0) is 19.2 Å². The Hall–Kier alpha value is -0.930. The summed E-state index contributed by atoms with van der Waals surface area (Å²) in [7, 11) is 3.69. The van der Waals surface area contributed by atoms with Crippen LogP contribution in [0.2, 0.25) is 0 Å². The maximum absolute atomic E-state index is 11.3. The second-order valence-electron chi connectivity index (χ2n) is 6.03. The van der Waals surface area contributed by atoms with Gasteiger partial charge in [0.25, 0.3) is 0 Å². The van der Waals surface area contributed by atoms with Crippen LogP contribution < -0.4 is 33.7 Å². The van der Waals surface area contributed by atoms with Crippen molar-refractivity contribution in [2.75, 3.05) is 40.3 Å². The van der Waals surface area contributed by atoms with Crippen LogP contribution in [0.3, 0.4) is 0 Å². The Balaban J connectivity index is -0.000000149. The van der Waals surface area contributed by atoms with Crippen LogP contribution in [0.25, 0.3) is 0 Å². The molecule has 0 aromatic heterocycles. The second kappa shape index (κ2) is 34.7. The quantitative estimate of drug-likeness (QED) is 0.167. The maximum Gasteiger partial charge on any atom is 0.221 e. The van der Waals surface area contributed by atoms with Crippen LogP contribution in [0.1, 0.15) is 72.6 Å².